The molecule has 2 saturated carbocycles. The summed E-state index contributed by atoms with van der Waals surface area (Å²) in [6, 6.07) is 0. The first-order chi connectivity index (χ1) is 9.07. The van der Waals surface area contributed by atoms with E-state index < -0.39 is 0 Å². The van der Waals surface area contributed by atoms with E-state index in [2.05, 4.69) is 69.2 Å². The van der Waals surface area contributed by atoms with Crippen LogP contribution in [0.15, 0.2) is 0 Å². The normalized spacial score (nSPS) is 29.4. The minimum absolute atomic E-state index is 0. The summed E-state index contributed by atoms with van der Waals surface area (Å²) in [7, 11) is 0. The molecule has 1 heteroatoms. The lowest BCUT2D eigenvalue weighted by atomic mass is 9.87. The van der Waals surface area contributed by atoms with Crippen LogP contribution >= 0.6 is 0 Å². The van der Waals surface area contributed by atoms with Crippen LogP contribution < -0.4 is 0 Å². The van der Waals surface area contributed by atoms with Crippen LogP contribution in [-0.4, -0.2) is 8.41 Å². The lowest BCUT2D eigenvalue weighted by Crippen LogP contribution is -2.10. The van der Waals surface area contributed by atoms with Gasteiger partial charge in [-0.15, -0.1) is 0 Å². The van der Waals surface area contributed by atoms with E-state index in [1.54, 1.807) is 12.8 Å². The quantitative estimate of drug-likeness (QED) is 0.509. The summed E-state index contributed by atoms with van der Waals surface area (Å²) in [4.78, 5) is 0. The second-order valence-corrected chi connectivity index (χ2v) is 9.09. The molecule has 0 nitrogen and oxygen atoms in total. The molecule has 2 aliphatic carbocycles. The van der Waals surface area contributed by atoms with Crippen LogP contribution in [0.25, 0.3) is 0 Å². The van der Waals surface area contributed by atoms with Crippen molar-refractivity contribution < 1.29 is 0 Å². The molecule has 0 aromatic heterocycles. The highest BCUT2D eigenvalue weighted by molar-refractivity contribution is 5.75. The minimum atomic E-state index is 0. The summed E-state index contributed by atoms with van der Waals surface area (Å²) < 4.78 is 0. The molecule has 0 aliphatic heterocycles. The van der Waals surface area contributed by atoms with E-state index in [-0.39, 0.29) is 8.41 Å². The molecule has 125 valence electrons. The highest BCUT2D eigenvalue weighted by Gasteiger charge is 2.56. The molecule has 2 aliphatic rings. The second-order valence-electron chi connectivity index (χ2n) is 9.09. The molecule has 0 saturated heterocycles. The van der Waals surface area contributed by atoms with Gasteiger partial charge in [0.15, 0.2) is 0 Å². The Balaban J connectivity index is 0. The first-order valence-electron chi connectivity index (χ1n) is 9.07. The van der Waals surface area contributed by atoms with E-state index >= 15 is 0 Å². The van der Waals surface area contributed by atoms with E-state index in [1.165, 1.54) is 0 Å². The van der Waals surface area contributed by atoms with Crippen LogP contribution in [0.5, 0.6) is 0 Å². The number of hydrogen-bond donors (Lipinski definition) is 0. The van der Waals surface area contributed by atoms with Crippen molar-refractivity contribution in [3.05, 3.63) is 0 Å². The van der Waals surface area contributed by atoms with Gasteiger partial charge in [0.05, 0.1) is 0 Å². The van der Waals surface area contributed by atoms with Crippen LogP contribution in [0.2, 0.25) is 0 Å². The van der Waals surface area contributed by atoms with Gasteiger partial charge in [-0.3, -0.25) is 0 Å². The van der Waals surface area contributed by atoms with Crippen LogP contribution in [0.1, 0.15) is 82.1 Å². The first kappa shape index (κ1) is 23.3. The van der Waals surface area contributed by atoms with Crippen molar-refractivity contribution in [2.24, 2.45) is 47.3 Å². The van der Waals surface area contributed by atoms with Gasteiger partial charge in [0, 0.05) is 8.41 Å². The van der Waals surface area contributed by atoms with Crippen molar-refractivity contribution in [3.8, 4) is 0 Å². The smallest absolute Gasteiger partial charge is 0 e. The Morgan fingerprint density at radius 2 is 0.857 bits per heavy atom. The largest absolute Gasteiger partial charge is 0.0630 e. The number of hydrogen-bond acceptors (Lipinski definition) is 0. The molecule has 0 aromatic carbocycles. The molecule has 3 radical (unpaired) electrons. The average molecular weight is 293 g/mol. The third-order valence-corrected chi connectivity index (χ3v) is 4.26. The predicted molar refractivity (Wildman–Crippen MR) is 99.6 cm³/mol. The maximum absolute atomic E-state index is 2.40. The molecule has 2 unspecified atom stereocenters. The van der Waals surface area contributed by atoms with E-state index in [0.717, 1.165) is 47.3 Å². The van der Waals surface area contributed by atoms with Gasteiger partial charge >= 0.3 is 0 Å². The van der Waals surface area contributed by atoms with Gasteiger partial charge in [-0.05, 0) is 60.2 Å². The summed E-state index contributed by atoms with van der Waals surface area (Å²) in [5.74, 6) is 8.00. The Kier molecular flexibility index (Phi) is 11.9. The Hall–Kier alpha value is 0.0649. The molecule has 0 spiro atoms. The lowest BCUT2D eigenvalue weighted by molar-refractivity contribution is 0.315. The zero-order chi connectivity index (χ0) is 16.0. The maximum atomic E-state index is 2.40. The van der Waals surface area contributed by atoms with Gasteiger partial charge in [-0.1, -0.05) is 69.2 Å². The Morgan fingerprint density at radius 1 is 0.571 bits per heavy atom. The van der Waals surface area contributed by atoms with Crippen molar-refractivity contribution in [2.75, 3.05) is 0 Å². The van der Waals surface area contributed by atoms with E-state index in [9.17, 15) is 0 Å². The summed E-state index contributed by atoms with van der Waals surface area (Å²) in [6.07, 6.45) is 3.09. The van der Waals surface area contributed by atoms with E-state index in [4.69, 9.17) is 0 Å². The van der Waals surface area contributed by atoms with Crippen LogP contribution in [0.4, 0.5) is 0 Å². The molecule has 0 bridgehead atoms. The van der Waals surface area contributed by atoms with Crippen molar-refractivity contribution >= 4 is 8.41 Å². The van der Waals surface area contributed by atoms with E-state index in [0.29, 0.717) is 0 Å². The van der Waals surface area contributed by atoms with Gasteiger partial charge < -0.3 is 0 Å². The molecule has 21 heavy (non-hydrogen) atoms. The van der Waals surface area contributed by atoms with Gasteiger partial charge in [0.25, 0.3) is 0 Å². The van der Waals surface area contributed by atoms with E-state index in [1.807, 2.05) is 0 Å². The zero-order valence-electron chi connectivity index (χ0n) is 16.6. The van der Waals surface area contributed by atoms with Crippen LogP contribution in [0.3, 0.4) is 0 Å². The summed E-state index contributed by atoms with van der Waals surface area (Å²) in [5, 5.41) is 0. The fourth-order valence-electron chi connectivity index (χ4n) is 3.47. The first-order valence-corrected chi connectivity index (χ1v) is 9.07. The van der Waals surface area contributed by atoms with Crippen LogP contribution in [-0.2, 0) is 0 Å². The predicted octanol–water partition coefficient (Wildman–Crippen LogP) is 6.51. The zero-order valence-corrected chi connectivity index (χ0v) is 16.6. The fourth-order valence-corrected chi connectivity index (χ4v) is 3.47. The standard InChI is InChI=1S/C12H22.2C4H10.B/c1-7(2)9-5-10-11(6-9)12(10)8(3)4;2*1-4(2)3;/h7-12H,5-6H2,1-4H3;2*4H,1-3H3;. The Morgan fingerprint density at radius 3 is 1.05 bits per heavy atom. The molecular formula is C20H42B. The average Bonchev–Trinajstić information content (AvgIpc) is 2.73. The molecule has 0 amide bonds. The summed E-state index contributed by atoms with van der Waals surface area (Å²) in [6.45, 7) is 22.6. The third kappa shape index (κ3) is 9.64. The molecule has 0 aromatic rings. The highest BCUT2D eigenvalue weighted by atomic mass is 14.6. The van der Waals surface area contributed by atoms with Crippen molar-refractivity contribution in [1.29, 1.82) is 0 Å². The molecule has 2 rings (SSSR count). The summed E-state index contributed by atoms with van der Waals surface area (Å²) >= 11 is 0. The monoisotopic (exact) mass is 293 g/mol. The maximum Gasteiger partial charge on any atom is 0 e. The van der Waals surface area contributed by atoms with Crippen molar-refractivity contribution in [2.45, 2.75) is 82.1 Å². The number of rotatable bonds is 2. The van der Waals surface area contributed by atoms with Gasteiger partial charge in [0.1, 0.15) is 0 Å². The Bertz CT molecular complexity index is 213. The van der Waals surface area contributed by atoms with Gasteiger partial charge in [-0.25, -0.2) is 0 Å². The minimum Gasteiger partial charge on any atom is -0.0630 e. The molecule has 2 atom stereocenters. The molecule has 0 heterocycles. The lowest BCUT2D eigenvalue weighted by Gasteiger charge is -2.18. The molecule has 0 N–H and O–H groups in total. The van der Waals surface area contributed by atoms with Crippen LogP contribution in [0, 0.1) is 47.3 Å². The number of fused-ring (bicyclic) bond motifs is 1. The molecule has 2 fully saturated rings. The SMILES string of the molecule is CC(C)C.CC(C)C.CC(C)C1CC2C(C1)C2C(C)C.[B]. The van der Waals surface area contributed by atoms with Gasteiger partial charge in [0.2, 0.25) is 0 Å². The highest BCUT2D eigenvalue weighted by Crippen LogP contribution is 2.63. The fraction of sp³-hybridized carbons (Fsp3) is 1.00. The third-order valence-electron chi connectivity index (χ3n) is 4.26. The van der Waals surface area contributed by atoms with Gasteiger partial charge in [-0.2, -0.15) is 0 Å². The molecular weight excluding hydrogens is 251 g/mol. The van der Waals surface area contributed by atoms with Crippen molar-refractivity contribution in [3.63, 3.8) is 0 Å². The Labute approximate surface area is 138 Å². The summed E-state index contributed by atoms with van der Waals surface area (Å²) in [5.41, 5.74) is 0. The topological polar surface area (TPSA) is 0 Å². The second kappa shape index (κ2) is 10.7. The van der Waals surface area contributed by atoms with Crippen molar-refractivity contribution in [1.82, 2.24) is 0 Å².